The van der Waals surface area contributed by atoms with Crippen LogP contribution in [0.3, 0.4) is 0 Å². The Morgan fingerprint density at radius 2 is 1.32 bits per heavy atom. The molecule has 0 bridgehead atoms. The number of amides is 6. The van der Waals surface area contributed by atoms with E-state index in [1.165, 1.54) is 0 Å². The zero-order chi connectivity index (χ0) is 46.9. The zero-order valence-electron chi connectivity index (χ0n) is 35.8. The van der Waals surface area contributed by atoms with Gasteiger partial charge in [0.1, 0.15) is 29.7 Å². The van der Waals surface area contributed by atoms with Crippen molar-refractivity contribution >= 4 is 58.3 Å². The van der Waals surface area contributed by atoms with Crippen molar-refractivity contribution in [2.75, 3.05) is 13.1 Å². The number of aromatic nitrogens is 1. The van der Waals surface area contributed by atoms with E-state index in [4.69, 9.17) is 22.9 Å². The molecule has 6 amide bonds. The van der Waals surface area contributed by atoms with E-state index in [9.17, 15) is 38.7 Å². The van der Waals surface area contributed by atoms with Gasteiger partial charge in [0.25, 0.3) is 0 Å². The van der Waals surface area contributed by atoms with Crippen LogP contribution in [0.1, 0.15) is 61.1 Å². The minimum Gasteiger partial charge on any atom is -0.478 e. The Morgan fingerprint density at radius 3 is 1.95 bits per heavy atom. The van der Waals surface area contributed by atoms with Gasteiger partial charge in [0.2, 0.25) is 35.4 Å². The zero-order valence-corrected chi connectivity index (χ0v) is 35.8. The molecule has 19 heteroatoms. The predicted octanol–water partition coefficient (Wildman–Crippen LogP) is 0.244. The number of hydrogen-bond acceptors (Lipinski definition) is 9. The summed E-state index contributed by atoms with van der Waals surface area (Å²) in [6.07, 6.45) is 4.62. The Balaban J connectivity index is 1.44. The van der Waals surface area contributed by atoms with Crippen molar-refractivity contribution in [1.82, 2.24) is 31.6 Å². The fourth-order valence-electron chi connectivity index (χ4n) is 7.92. The Kier molecular flexibility index (Phi) is 17.3. The van der Waals surface area contributed by atoms with Crippen LogP contribution in [0.25, 0.3) is 10.9 Å². The molecule has 1 saturated carbocycles. The molecule has 0 radical (unpaired) electrons. The number of carboxylic acid groups (broad SMARTS) is 1. The number of nitrogens with one attached hydrogen (secondary N) is 6. The van der Waals surface area contributed by atoms with Gasteiger partial charge in [-0.15, -0.1) is 0 Å². The highest BCUT2D eigenvalue weighted by atomic mass is 16.4. The van der Waals surface area contributed by atoms with Crippen LogP contribution in [0.15, 0.2) is 108 Å². The number of H-pyrrole nitrogens is 1. The van der Waals surface area contributed by atoms with Crippen molar-refractivity contribution in [3.63, 3.8) is 0 Å². The first-order chi connectivity index (χ1) is 31.2. The van der Waals surface area contributed by atoms with Gasteiger partial charge >= 0.3 is 5.97 Å². The summed E-state index contributed by atoms with van der Waals surface area (Å²) in [5.41, 5.74) is 23.9. The first kappa shape index (κ1) is 48.5. The number of primary amides is 1. The fraction of sp³-hybridized carbons (Fsp3) is 0.348. The molecule has 0 aliphatic heterocycles. The molecule has 19 nitrogen and oxygen atoms in total. The number of fused-ring (bicyclic) bond motifs is 1. The third-order valence-corrected chi connectivity index (χ3v) is 11.4. The molecule has 1 aliphatic rings. The number of guanidine groups is 1. The minimum atomic E-state index is -1.54. The molecule has 1 fully saturated rings. The summed E-state index contributed by atoms with van der Waals surface area (Å²) in [5.74, 6) is -6.11. The molecule has 3 aromatic carbocycles. The maximum atomic E-state index is 14.6. The van der Waals surface area contributed by atoms with Crippen LogP contribution in [0.4, 0.5) is 0 Å². The van der Waals surface area contributed by atoms with E-state index >= 15 is 0 Å². The molecule has 65 heavy (non-hydrogen) atoms. The third kappa shape index (κ3) is 14.0. The number of carbonyl (C=O) groups excluding carboxylic acids is 6. The lowest BCUT2D eigenvalue weighted by atomic mass is 9.73. The van der Waals surface area contributed by atoms with Gasteiger partial charge in [-0.2, -0.15) is 0 Å². The quantitative estimate of drug-likeness (QED) is 0.0220. The van der Waals surface area contributed by atoms with E-state index in [0.29, 0.717) is 30.0 Å². The number of aromatic amines is 1. The molecule has 1 aromatic heterocycles. The SMILES string of the molecule is NC[C@H](NC(=O)[C@H](Cc1c[nH]c2ccccc12)NC(=O)[C@H](CCCN=C(N)N)NC(=O)[C@@H](Cc1ccccc1)NC(=O)C1(NC(=O)/C=C\C(=O)O)CCC(c2ccccc2)CC1)C(N)=O. The molecule has 1 heterocycles. The normalized spacial score (nSPS) is 17.7. The van der Waals surface area contributed by atoms with E-state index in [1.807, 2.05) is 54.6 Å². The lowest BCUT2D eigenvalue weighted by Crippen LogP contribution is -2.64. The van der Waals surface area contributed by atoms with Crippen LogP contribution in [0, 0.1) is 0 Å². The maximum absolute atomic E-state index is 14.6. The summed E-state index contributed by atoms with van der Waals surface area (Å²) < 4.78 is 0. The monoisotopic (exact) mass is 891 g/mol. The molecule has 5 rings (SSSR count). The standard InChI is InChI=1S/C46H57N11O8/c47-26-37(40(48)61)55-43(64)36(25-31-27-52-33-15-8-7-14-32(31)33)54-41(62)34(16-9-23-51-45(49)50)53-42(63)35(24-28-10-3-1-4-11-28)56-44(65)46(57-38(58)17-18-39(59)60)21-19-30(20-22-46)29-12-5-2-6-13-29/h1-8,10-15,17-18,27,30,34-37,52H,9,16,19-26,47H2,(H2,48,61)(H,53,63)(H,54,62)(H,55,64)(H,56,65)(H,57,58)(H,59,60)(H4,49,50,51)/b18-17-/t30?,34-,35+,36-,37-,46?/m0/s1. The van der Waals surface area contributed by atoms with Crippen LogP contribution in [0.5, 0.6) is 0 Å². The van der Waals surface area contributed by atoms with Gasteiger partial charge in [-0.1, -0.05) is 78.9 Å². The van der Waals surface area contributed by atoms with Crippen LogP contribution >= 0.6 is 0 Å². The molecular formula is C46H57N11O8. The highest BCUT2D eigenvalue weighted by molar-refractivity contribution is 6.00. The van der Waals surface area contributed by atoms with Crippen molar-refractivity contribution in [3.8, 4) is 0 Å². The van der Waals surface area contributed by atoms with Crippen molar-refractivity contribution in [3.05, 3.63) is 120 Å². The summed E-state index contributed by atoms with van der Waals surface area (Å²) >= 11 is 0. The number of carboxylic acids is 1. The second kappa shape index (κ2) is 23.2. The average molecular weight is 892 g/mol. The van der Waals surface area contributed by atoms with Crippen molar-refractivity contribution in [2.24, 2.45) is 27.9 Å². The molecule has 0 unspecified atom stereocenters. The summed E-state index contributed by atoms with van der Waals surface area (Å²) in [4.78, 5) is 101. The molecular weight excluding hydrogens is 835 g/mol. The Morgan fingerprint density at radius 1 is 0.738 bits per heavy atom. The molecule has 4 aromatic rings. The minimum absolute atomic E-state index is 0.0225. The number of hydrogen-bond donors (Lipinski definition) is 11. The molecule has 0 saturated heterocycles. The highest BCUT2D eigenvalue weighted by Crippen LogP contribution is 2.38. The number of carbonyl (C=O) groups is 7. The summed E-state index contributed by atoms with van der Waals surface area (Å²) in [6.45, 7) is -0.213. The lowest BCUT2D eigenvalue weighted by Gasteiger charge is -2.40. The van der Waals surface area contributed by atoms with Crippen molar-refractivity contribution in [2.45, 2.75) is 87.0 Å². The number of aliphatic carboxylic acids is 1. The topological polar surface area (TPSA) is 332 Å². The van der Waals surface area contributed by atoms with E-state index in [0.717, 1.165) is 22.5 Å². The van der Waals surface area contributed by atoms with Gasteiger partial charge in [0, 0.05) is 55.2 Å². The predicted molar refractivity (Wildman–Crippen MR) is 243 cm³/mol. The second-order valence-electron chi connectivity index (χ2n) is 16.0. The van der Waals surface area contributed by atoms with Crippen LogP contribution < -0.4 is 49.5 Å². The number of nitrogens with two attached hydrogens (primary N) is 4. The first-order valence-corrected chi connectivity index (χ1v) is 21.3. The van der Waals surface area contributed by atoms with Crippen LogP contribution in [-0.2, 0) is 46.4 Å². The Bertz CT molecular complexity index is 2360. The molecule has 344 valence electrons. The lowest BCUT2D eigenvalue weighted by molar-refractivity contribution is -0.137. The fourth-order valence-corrected chi connectivity index (χ4v) is 7.92. The van der Waals surface area contributed by atoms with Crippen LogP contribution in [0.2, 0.25) is 0 Å². The van der Waals surface area contributed by atoms with E-state index < -0.39 is 71.1 Å². The summed E-state index contributed by atoms with van der Waals surface area (Å²) in [6, 6.07) is 20.8. The van der Waals surface area contributed by atoms with Crippen molar-refractivity contribution in [1.29, 1.82) is 0 Å². The van der Waals surface area contributed by atoms with Gasteiger partial charge in [-0.05, 0) is 67.2 Å². The van der Waals surface area contributed by atoms with Gasteiger partial charge in [0.05, 0.1) is 0 Å². The second-order valence-corrected chi connectivity index (χ2v) is 16.0. The largest absolute Gasteiger partial charge is 0.478 e. The summed E-state index contributed by atoms with van der Waals surface area (Å²) in [5, 5.41) is 23.6. The average Bonchev–Trinajstić information content (AvgIpc) is 3.70. The number of benzene rings is 3. The molecule has 0 spiro atoms. The van der Waals surface area contributed by atoms with Gasteiger partial charge < -0.3 is 59.6 Å². The third-order valence-electron chi connectivity index (χ3n) is 11.4. The van der Waals surface area contributed by atoms with E-state index in [-0.39, 0.29) is 63.5 Å². The van der Waals surface area contributed by atoms with Crippen LogP contribution in [-0.4, -0.2) is 100 Å². The Hall–Kier alpha value is -7.54. The van der Waals surface area contributed by atoms with Crippen molar-refractivity contribution < 1.29 is 38.7 Å². The number of aliphatic imine (C=N–C) groups is 1. The Labute approximate surface area is 375 Å². The van der Waals surface area contributed by atoms with E-state index in [2.05, 4.69) is 36.6 Å². The molecule has 15 N–H and O–H groups in total. The first-order valence-electron chi connectivity index (χ1n) is 21.3. The number of rotatable bonds is 22. The summed E-state index contributed by atoms with van der Waals surface area (Å²) in [7, 11) is 0. The van der Waals surface area contributed by atoms with Gasteiger partial charge in [-0.25, -0.2) is 4.79 Å². The molecule has 4 atom stereocenters. The van der Waals surface area contributed by atoms with Gasteiger partial charge in [0.15, 0.2) is 5.96 Å². The van der Waals surface area contributed by atoms with E-state index in [1.54, 1.807) is 36.5 Å². The maximum Gasteiger partial charge on any atom is 0.328 e. The number of nitrogens with zero attached hydrogens (tertiary/aromatic N) is 1. The smallest absolute Gasteiger partial charge is 0.328 e. The number of para-hydroxylation sites is 1. The molecule has 1 aliphatic carbocycles. The highest BCUT2D eigenvalue weighted by Gasteiger charge is 2.44. The van der Waals surface area contributed by atoms with Gasteiger partial charge in [-0.3, -0.25) is 33.8 Å².